The van der Waals surface area contributed by atoms with E-state index in [4.69, 9.17) is 14.2 Å². The van der Waals surface area contributed by atoms with Crippen molar-refractivity contribution in [3.63, 3.8) is 0 Å². The Kier molecular flexibility index (Phi) is 8.62. The number of hydrogen-bond acceptors (Lipinski definition) is 7. The van der Waals surface area contributed by atoms with Crippen LogP contribution >= 0.6 is 0 Å². The lowest BCUT2D eigenvalue weighted by Gasteiger charge is -2.28. The van der Waals surface area contributed by atoms with Gasteiger partial charge < -0.3 is 24.4 Å². The summed E-state index contributed by atoms with van der Waals surface area (Å²) in [6.07, 6.45) is -0.0784. The van der Waals surface area contributed by atoms with E-state index in [1.54, 1.807) is 36.4 Å². The van der Waals surface area contributed by atoms with Crippen LogP contribution in [0.2, 0.25) is 0 Å². The van der Waals surface area contributed by atoms with Crippen LogP contribution < -0.4 is 15.0 Å². The zero-order valence-corrected chi connectivity index (χ0v) is 18.2. The summed E-state index contributed by atoms with van der Waals surface area (Å²) in [5.74, 6) is -0.516. The molecule has 1 saturated heterocycles. The maximum Gasteiger partial charge on any atom is 0.306 e. The second-order valence-corrected chi connectivity index (χ2v) is 7.24. The predicted molar refractivity (Wildman–Crippen MR) is 120 cm³/mol. The number of rotatable bonds is 10. The van der Waals surface area contributed by atoms with Crippen LogP contribution in [0.25, 0.3) is 0 Å². The van der Waals surface area contributed by atoms with Gasteiger partial charge in [-0.3, -0.25) is 14.4 Å². The summed E-state index contributed by atoms with van der Waals surface area (Å²) in [5.41, 5.74) is 2.18. The molecule has 2 aromatic rings. The molecule has 0 atom stereocenters. The summed E-state index contributed by atoms with van der Waals surface area (Å²) in [4.78, 5) is 38.4. The molecule has 0 spiro atoms. The molecule has 1 aliphatic rings. The Balaban J connectivity index is 1.37. The molecule has 1 aliphatic heterocycles. The van der Waals surface area contributed by atoms with Gasteiger partial charge in [0.05, 0.1) is 26.2 Å². The van der Waals surface area contributed by atoms with Crippen molar-refractivity contribution in [2.24, 2.45) is 0 Å². The van der Waals surface area contributed by atoms with Gasteiger partial charge >= 0.3 is 5.97 Å². The highest BCUT2D eigenvalue weighted by Crippen LogP contribution is 2.19. The van der Waals surface area contributed by atoms with E-state index in [1.165, 1.54) is 0 Å². The number of esters is 1. The Hall–Kier alpha value is -3.39. The smallest absolute Gasteiger partial charge is 0.306 e. The first-order valence-electron chi connectivity index (χ1n) is 10.7. The number of carbonyl (C=O) groups excluding carboxylic acids is 3. The van der Waals surface area contributed by atoms with Gasteiger partial charge in [0.25, 0.3) is 5.91 Å². The zero-order valence-electron chi connectivity index (χ0n) is 18.2. The Morgan fingerprint density at radius 2 is 1.66 bits per heavy atom. The SMILES string of the molecule is CCOc1ccc(C(=O)CCC(=O)OCC(=O)Nc2ccc(N3CCOCC3)cc2)cc1. The number of ether oxygens (including phenoxy) is 3. The molecule has 0 aromatic heterocycles. The number of amides is 1. The largest absolute Gasteiger partial charge is 0.494 e. The predicted octanol–water partition coefficient (Wildman–Crippen LogP) is 3.07. The Labute approximate surface area is 187 Å². The molecule has 2 aromatic carbocycles. The third kappa shape index (κ3) is 7.09. The molecule has 8 nitrogen and oxygen atoms in total. The van der Waals surface area contributed by atoms with Crippen LogP contribution in [0, 0.1) is 0 Å². The molecule has 0 unspecified atom stereocenters. The van der Waals surface area contributed by atoms with Gasteiger partial charge in [0.2, 0.25) is 0 Å². The molecule has 1 N–H and O–H groups in total. The highest BCUT2D eigenvalue weighted by molar-refractivity contribution is 5.98. The second kappa shape index (κ2) is 11.9. The Morgan fingerprint density at radius 1 is 0.969 bits per heavy atom. The molecule has 0 aliphatic carbocycles. The van der Waals surface area contributed by atoms with E-state index in [0.29, 0.717) is 36.8 Å². The molecular formula is C24H28N2O6. The number of nitrogens with zero attached hydrogens (tertiary/aromatic N) is 1. The quantitative estimate of drug-likeness (QED) is 0.448. The van der Waals surface area contributed by atoms with Crippen molar-refractivity contribution in [1.82, 2.24) is 0 Å². The maximum absolute atomic E-state index is 12.2. The molecule has 1 amide bonds. The fourth-order valence-electron chi connectivity index (χ4n) is 3.26. The van der Waals surface area contributed by atoms with Gasteiger partial charge in [-0.05, 0) is 55.5 Å². The molecule has 8 heteroatoms. The first-order valence-corrected chi connectivity index (χ1v) is 10.7. The maximum atomic E-state index is 12.2. The number of carbonyl (C=O) groups is 3. The van der Waals surface area contributed by atoms with Gasteiger partial charge in [-0.2, -0.15) is 0 Å². The minimum atomic E-state index is -0.595. The minimum absolute atomic E-state index is 0.0113. The summed E-state index contributed by atoms with van der Waals surface area (Å²) >= 11 is 0. The summed E-state index contributed by atoms with van der Waals surface area (Å²) in [7, 11) is 0. The molecule has 0 radical (unpaired) electrons. The summed E-state index contributed by atoms with van der Waals surface area (Å²) in [6.45, 7) is 5.11. The van der Waals surface area contributed by atoms with Crippen molar-refractivity contribution >= 4 is 29.0 Å². The van der Waals surface area contributed by atoms with Crippen LogP contribution in [-0.4, -0.2) is 57.2 Å². The lowest BCUT2D eigenvalue weighted by atomic mass is 10.1. The van der Waals surface area contributed by atoms with Crippen molar-refractivity contribution in [3.8, 4) is 5.75 Å². The number of anilines is 2. The highest BCUT2D eigenvalue weighted by Gasteiger charge is 2.13. The van der Waals surface area contributed by atoms with Crippen molar-refractivity contribution in [3.05, 3.63) is 54.1 Å². The summed E-state index contributed by atoms with van der Waals surface area (Å²) in [5, 5.41) is 2.70. The van der Waals surface area contributed by atoms with E-state index in [2.05, 4.69) is 10.2 Å². The monoisotopic (exact) mass is 440 g/mol. The number of hydrogen-bond donors (Lipinski definition) is 1. The molecular weight excluding hydrogens is 412 g/mol. The van der Waals surface area contributed by atoms with Crippen molar-refractivity contribution in [1.29, 1.82) is 0 Å². The van der Waals surface area contributed by atoms with E-state index in [1.807, 2.05) is 19.1 Å². The summed E-state index contributed by atoms with van der Waals surface area (Å²) in [6, 6.07) is 14.2. The molecule has 32 heavy (non-hydrogen) atoms. The number of morpholine rings is 1. The lowest BCUT2D eigenvalue weighted by Crippen LogP contribution is -2.36. The third-order valence-corrected chi connectivity index (χ3v) is 4.94. The van der Waals surface area contributed by atoms with E-state index >= 15 is 0 Å². The molecule has 1 fully saturated rings. The van der Waals surface area contributed by atoms with Crippen LogP contribution in [0.3, 0.4) is 0 Å². The van der Waals surface area contributed by atoms with Gasteiger partial charge in [0.1, 0.15) is 5.75 Å². The molecule has 1 heterocycles. The minimum Gasteiger partial charge on any atom is -0.494 e. The normalized spacial score (nSPS) is 13.3. The first-order chi connectivity index (χ1) is 15.5. The van der Waals surface area contributed by atoms with Gasteiger partial charge in [0.15, 0.2) is 12.4 Å². The van der Waals surface area contributed by atoms with E-state index in [9.17, 15) is 14.4 Å². The van der Waals surface area contributed by atoms with E-state index in [0.717, 1.165) is 18.8 Å². The Bertz CT molecular complexity index is 905. The summed E-state index contributed by atoms with van der Waals surface area (Å²) < 4.78 is 15.7. The van der Waals surface area contributed by atoms with Crippen molar-refractivity contribution in [2.75, 3.05) is 49.7 Å². The first kappa shape index (κ1) is 23.3. The fourth-order valence-corrected chi connectivity index (χ4v) is 3.26. The van der Waals surface area contributed by atoms with Crippen LogP contribution in [0.1, 0.15) is 30.1 Å². The zero-order chi connectivity index (χ0) is 22.8. The molecule has 0 saturated carbocycles. The molecule has 3 rings (SSSR count). The highest BCUT2D eigenvalue weighted by atomic mass is 16.5. The van der Waals surface area contributed by atoms with Crippen LogP contribution in [0.5, 0.6) is 5.75 Å². The van der Waals surface area contributed by atoms with Crippen LogP contribution in [-0.2, 0) is 19.1 Å². The van der Waals surface area contributed by atoms with Crippen LogP contribution in [0.15, 0.2) is 48.5 Å². The average molecular weight is 440 g/mol. The van der Waals surface area contributed by atoms with Crippen LogP contribution in [0.4, 0.5) is 11.4 Å². The number of Topliss-reactive ketones (excluding diaryl/α,β-unsaturated/α-hetero) is 1. The molecule has 0 bridgehead atoms. The van der Waals surface area contributed by atoms with Crippen molar-refractivity contribution < 1.29 is 28.6 Å². The van der Waals surface area contributed by atoms with Gasteiger partial charge in [0, 0.05) is 36.4 Å². The number of benzene rings is 2. The molecule has 170 valence electrons. The van der Waals surface area contributed by atoms with Gasteiger partial charge in [-0.1, -0.05) is 0 Å². The van der Waals surface area contributed by atoms with Crippen molar-refractivity contribution in [2.45, 2.75) is 19.8 Å². The van der Waals surface area contributed by atoms with E-state index < -0.39 is 18.5 Å². The standard InChI is InChI=1S/C24H28N2O6/c1-2-31-21-9-3-18(4-10-21)22(27)11-12-24(29)32-17-23(28)25-19-5-7-20(8-6-19)26-13-15-30-16-14-26/h3-10H,2,11-17H2,1H3,(H,25,28). The Morgan fingerprint density at radius 3 is 2.31 bits per heavy atom. The fraction of sp³-hybridized carbons (Fsp3) is 0.375. The number of nitrogens with one attached hydrogen (secondary N) is 1. The topological polar surface area (TPSA) is 94.2 Å². The van der Waals surface area contributed by atoms with E-state index in [-0.39, 0.29) is 18.6 Å². The lowest BCUT2D eigenvalue weighted by molar-refractivity contribution is -0.147. The third-order valence-electron chi connectivity index (χ3n) is 4.94. The van der Waals surface area contributed by atoms with Gasteiger partial charge in [-0.15, -0.1) is 0 Å². The average Bonchev–Trinajstić information content (AvgIpc) is 2.83. The number of ketones is 1. The van der Waals surface area contributed by atoms with Gasteiger partial charge in [-0.25, -0.2) is 0 Å². The second-order valence-electron chi connectivity index (χ2n) is 7.24.